The van der Waals surface area contributed by atoms with Crippen molar-refractivity contribution < 1.29 is 22.7 Å². The third-order valence-corrected chi connectivity index (χ3v) is 6.78. The van der Waals surface area contributed by atoms with Crippen LogP contribution in [0.3, 0.4) is 0 Å². The van der Waals surface area contributed by atoms with Crippen LogP contribution < -0.4 is 14.4 Å². The molecule has 0 bridgehead atoms. The number of methoxy groups -OCH3 is 1. The Hall–Kier alpha value is -2.30. The quantitative estimate of drug-likeness (QED) is 0.466. The van der Waals surface area contributed by atoms with E-state index in [0.29, 0.717) is 0 Å². The Morgan fingerprint density at radius 1 is 1.15 bits per heavy atom. The fourth-order valence-electron chi connectivity index (χ4n) is 3.27. The lowest BCUT2D eigenvalue weighted by Crippen LogP contribution is -2.52. The average molecular weight is 575 g/mol. The van der Waals surface area contributed by atoms with Crippen LogP contribution in [0.1, 0.15) is 26.3 Å². The number of hydrogen-bond acceptors (Lipinski definition) is 5. The van der Waals surface area contributed by atoms with Crippen molar-refractivity contribution in [3.8, 4) is 5.75 Å². The maximum Gasteiger partial charge on any atom is 0.244 e. The zero-order valence-electron chi connectivity index (χ0n) is 19.7. The second kappa shape index (κ2) is 11.9. The molecule has 0 aliphatic heterocycles. The Bertz CT molecular complexity index is 1140. The maximum atomic E-state index is 13.5. The van der Waals surface area contributed by atoms with Crippen molar-refractivity contribution in [1.29, 1.82) is 0 Å². The van der Waals surface area contributed by atoms with E-state index in [1.165, 1.54) is 24.1 Å². The first-order valence-corrected chi connectivity index (χ1v) is 13.5. The predicted molar refractivity (Wildman–Crippen MR) is 138 cm³/mol. The number of benzene rings is 2. The molecule has 2 aromatic rings. The van der Waals surface area contributed by atoms with Gasteiger partial charge in [-0.3, -0.25) is 13.9 Å². The van der Waals surface area contributed by atoms with Crippen LogP contribution in [0.25, 0.3) is 0 Å². The van der Waals surface area contributed by atoms with Crippen molar-refractivity contribution >= 4 is 55.1 Å². The summed E-state index contributed by atoms with van der Waals surface area (Å²) in [6.45, 7) is 4.82. The monoisotopic (exact) mass is 573 g/mol. The van der Waals surface area contributed by atoms with Gasteiger partial charge in [0.1, 0.15) is 18.3 Å². The molecule has 1 N–H and O–H groups in total. The molecule has 0 spiro atoms. The highest BCUT2D eigenvalue weighted by Crippen LogP contribution is 2.33. The number of nitrogens with zero attached hydrogens (tertiary/aromatic N) is 2. The molecule has 34 heavy (non-hydrogen) atoms. The van der Waals surface area contributed by atoms with Crippen molar-refractivity contribution in [3.05, 3.63) is 57.5 Å². The van der Waals surface area contributed by atoms with Gasteiger partial charge in [-0.25, -0.2) is 8.42 Å². The van der Waals surface area contributed by atoms with Gasteiger partial charge < -0.3 is 15.0 Å². The Labute approximate surface area is 214 Å². The first kappa shape index (κ1) is 27.9. The third kappa shape index (κ3) is 7.61. The van der Waals surface area contributed by atoms with Crippen molar-refractivity contribution in [3.63, 3.8) is 0 Å². The topological polar surface area (TPSA) is 96.0 Å². The maximum absolute atomic E-state index is 13.5. The van der Waals surface area contributed by atoms with Crippen LogP contribution in [0.4, 0.5) is 5.69 Å². The fraction of sp³-hybridized carbons (Fsp3) is 0.391. The smallest absolute Gasteiger partial charge is 0.244 e. The lowest BCUT2D eigenvalue weighted by molar-refractivity contribution is -0.139. The largest absolute Gasteiger partial charge is 0.495 e. The lowest BCUT2D eigenvalue weighted by atomic mass is 10.1. The van der Waals surface area contributed by atoms with Crippen LogP contribution >= 0.6 is 27.5 Å². The van der Waals surface area contributed by atoms with Crippen LogP contribution in [-0.4, -0.2) is 57.1 Å². The van der Waals surface area contributed by atoms with Crippen LogP contribution in [-0.2, 0) is 26.2 Å². The highest BCUT2D eigenvalue weighted by atomic mass is 79.9. The highest BCUT2D eigenvalue weighted by Gasteiger charge is 2.31. The summed E-state index contributed by atoms with van der Waals surface area (Å²) >= 11 is 9.51. The van der Waals surface area contributed by atoms with Gasteiger partial charge in [0.2, 0.25) is 21.8 Å². The molecular formula is C23H29BrClN3O5S. The Kier molecular flexibility index (Phi) is 9.78. The van der Waals surface area contributed by atoms with Crippen LogP contribution in [0, 0.1) is 0 Å². The third-order valence-electron chi connectivity index (χ3n) is 4.93. The minimum absolute atomic E-state index is 0.106. The second-order valence-corrected chi connectivity index (χ2v) is 11.3. The number of carbonyl (C=O) groups is 2. The molecule has 0 saturated carbocycles. The molecule has 0 fully saturated rings. The van der Waals surface area contributed by atoms with Gasteiger partial charge in [-0.2, -0.15) is 0 Å². The van der Waals surface area contributed by atoms with Crippen molar-refractivity contribution in [2.45, 2.75) is 39.4 Å². The number of nitrogens with one attached hydrogen (secondary N) is 1. The van der Waals surface area contributed by atoms with Crippen molar-refractivity contribution in [2.75, 3.05) is 24.2 Å². The number of sulfonamides is 1. The van der Waals surface area contributed by atoms with E-state index < -0.39 is 28.5 Å². The molecule has 2 amide bonds. The highest BCUT2D eigenvalue weighted by molar-refractivity contribution is 9.10. The number of carbonyl (C=O) groups excluding carboxylic acids is 2. The van der Waals surface area contributed by atoms with Gasteiger partial charge in [-0.1, -0.05) is 39.7 Å². The summed E-state index contributed by atoms with van der Waals surface area (Å²) < 4.78 is 32.4. The van der Waals surface area contributed by atoms with Gasteiger partial charge in [0, 0.05) is 22.1 Å². The van der Waals surface area contributed by atoms with E-state index in [0.717, 1.165) is 20.6 Å². The molecule has 8 nitrogen and oxygen atoms in total. The Balaban J connectivity index is 2.47. The second-order valence-electron chi connectivity index (χ2n) is 8.08. The molecule has 0 saturated heterocycles. The summed E-state index contributed by atoms with van der Waals surface area (Å²) in [5.41, 5.74) is 0.908. The Morgan fingerprint density at radius 2 is 1.82 bits per heavy atom. The number of rotatable bonds is 10. The molecule has 2 aromatic carbocycles. The zero-order valence-corrected chi connectivity index (χ0v) is 22.9. The summed E-state index contributed by atoms with van der Waals surface area (Å²) in [5, 5.41) is 3.09. The van der Waals surface area contributed by atoms with E-state index in [9.17, 15) is 18.0 Å². The summed E-state index contributed by atoms with van der Waals surface area (Å²) in [5.74, 6) is -0.657. The van der Waals surface area contributed by atoms with Gasteiger partial charge in [0.05, 0.1) is 19.1 Å². The first-order valence-electron chi connectivity index (χ1n) is 10.5. The Morgan fingerprint density at radius 3 is 2.38 bits per heavy atom. The van der Waals surface area contributed by atoms with Crippen LogP contribution in [0.5, 0.6) is 5.75 Å². The minimum atomic E-state index is -3.90. The average Bonchev–Trinajstić information content (AvgIpc) is 2.74. The molecule has 11 heteroatoms. The van der Waals surface area contributed by atoms with E-state index in [1.54, 1.807) is 13.0 Å². The molecular weight excluding hydrogens is 546 g/mol. The number of hydrogen-bond donors (Lipinski definition) is 1. The van der Waals surface area contributed by atoms with Gasteiger partial charge in [0.15, 0.2) is 0 Å². The molecule has 0 unspecified atom stereocenters. The van der Waals surface area contributed by atoms with Crippen LogP contribution in [0.15, 0.2) is 46.9 Å². The normalized spacial score (nSPS) is 12.2. The van der Waals surface area contributed by atoms with Gasteiger partial charge in [-0.15, -0.1) is 0 Å². The minimum Gasteiger partial charge on any atom is -0.495 e. The van der Waals surface area contributed by atoms with Gasteiger partial charge in [-0.05, 0) is 56.7 Å². The summed E-state index contributed by atoms with van der Waals surface area (Å²) in [6.07, 6.45) is 0.994. The SMILES string of the molecule is COc1ccc(Cl)cc1N(CC(=O)N(Cc1cccc(Br)c1)[C@H](C)C(=O)NC(C)C)S(C)(=O)=O. The first-order chi connectivity index (χ1) is 15.8. The molecule has 0 aromatic heterocycles. The molecule has 1 atom stereocenters. The van der Waals surface area contributed by atoms with E-state index in [1.807, 2.05) is 38.1 Å². The van der Waals surface area contributed by atoms with E-state index in [2.05, 4.69) is 21.2 Å². The number of halogens is 2. The molecule has 0 radical (unpaired) electrons. The van der Waals surface area contributed by atoms with Gasteiger partial charge >= 0.3 is 0 Å². The summed E-state index contributed by atoms with van der Waals surface area (Å²) in [7, 11) is -2.51. The standard InChI is InChI=1S/C23H29BrClN3O5S/c1-15(2)26-23(30)16(3)27(13-17-7-6-8-18(24)11-17)22(29)14-28(34(5,31)32)20-12-19(25)9-10-21(20)33-4/h6-12,15-16H,13-14H2,1-5H3,(H,26,30)/t16-/m1/s1. The summed E-state index contributed by atoms with van der Waals surface area (Å²) in [6, 6.07) is 10.9. The molecule has 186 valence electrons. The zero-order chi connectivity index (χ0) is 25.6. The number of anilines is 1. The summed E-state index contributed by atoms with van der Waals surface area (Å²) in [4.78, 5) is 27.7. The van der Waals surface area contributed by atoms with Crippen molar-refractivity contribution in [2.24, 2.45) is 0 Å². The van der Waals surface area contributed by atoms with Crippen molar-refractivity contribution in [1.82, 2.24) is 10.2 Å². The molecule has 0 aliphatic rings. The van der Waals surface area contributed by atoms with E-state index in [4.69, 9.17) is 16.3 Å². The van der Waals surface area contributed by atoms with Gasteiger partial charge in [0.25, 0.3) is 0 Å². The van der Waals surface area contributed by atoms with E-state index >= 15 is 0 Å². The number of amides is 2. The predicted octanol–water partition coefficient (Wildman–Crippen LogP) is 3.82. The van der Waals surface area contributed by atoms with Crippen LogP contribution in [0.2, 0.25) is 5.02 Å². The molecule has 2 rings (SSSR count). The molecule has 0 heterocycles. The number of ether oxygens (including phenoxy) is 1. The lowest BCUT2D eigenvalue weighted by Gasteiger charge is -2.32. The molecule has 0 aliphatic carbocycles. The fourth-order valence-corrected chi connectivity index (χ4v) is 4.73. The van der Waals surface area contributed by atoms with E-state index in [-0.39, 0.29) is 35.0 Å².